The fourth-order valence-electron chi connectivity index (χ4n) is 7.40. The van der Waals surface area contributed by atoms with E-state index in [1.165, 1.54) is 16.3 Å². The summed E-state index contributed by atoms with van der Waals surface area (Å²) in [6.07, 6.45) is -0.280. The molecule has 1 aliphatic heterocycles. The Morgan fingerprint density at radius 3 is 1.87 bits per heavy atom. The molecule has 10 rings (SSSR count). The summed E-state index contributed by atoms with van der Waals surface area (Å²) in [6, 6.07) is 65.9. The van der Waals surface area contributed by atoms with Crippen LogP contribution in [0.5, 0.6) is 0 Å². The zero-order valence-electron chi connectivity index (χ0n) is 28.8. The van der Waals surface area contributed by atoms with Crippen LogP contribution in [0.15, 0.2) is 202 Å². The number of fused-ring (bicyclic) bond motifs is 4. The number of nitrogens with zero attached hydrogens (tertiary/aromatic N) is 2. The topological polar surface area (TPSA) is 49.9 Å². The molecule has 1 atom stereocenters. The molecule has 0 bridgehead atoms. The summed E-state index contributed by atoms with van der Waals surface area (Å²) in [6.45, 7) is 0. The molecule has 1 N–H and O–H groups in total. The molecule has 0 spiro atoms. The molecule has 0 radical (unpaired) electrons. The highest BCUT2D eigenvalue weighted by Crippen LogP contribution is 2.40. The Labute approximate surface area is 307 Å². The number of furan rings is 1. The van der Waals surface area contributed by atoms with E-state index in [2.05, 4.69) is 169 Å². The number of amidine groups is 2. The van der Waals surface area contributed by atoms with E-state index in [0.29, 0.717) is 5.84 Å². The van der Waals surface area contributed by atoms with Crippen LogP contribution in [-0.4, -0.2) is 11.7 Å². The molecule has 1 aromatic heterocycles. The highest BCUT2D eigenvalue weighted by atomic mass is 16.3. The lowest BCUT2D eigenvalue weighted by Crippen LogP contribution is -2.33. The van der Waals surface area contributed by atoms with Gasteiger partial charge in [0, 0.05) is 21.9 Å². The van der Waals surface area contributed by atoms with Gasteiger partial charge in [-0.15, -0.1) is 0 Å². The molecule has 9 aromatic rings. The zero-order valence-corrected chi connectivity index (χ0v) is 28.8. The first kappa shape index (κ1) is 30.8. The van der Waals surface area contributed by atoms with Gasteiger partial charge in [-0.1, -0.05) is 164 Å². The highest BCUT2D eigenvalue weighted by Gasteiger charge is 2.22. The van der Waals surface area contributed by atoms with Gasteiger partial charge < -0.3 is 9.73 Å². The molecule has 0 amide bonds. The lowest BCUT2D eigenvalue weighted by atomic mass is 9.94. The van der Waals surface area contributed by atoms with Gasteiger partial charge in [-0.05, 0) is 74.0 Å². The molecule has 1 unspecified atom stereocenters. The third-order valence-corrected chi connectivity index (χ3v) is 10.1. The first-order valence-electron chi connectivity index (χ1n) is 17.9. The standard InChI is InChI=1S/C49H33N3O/c1-3-11-32(12-4-1)41-30-43(46-42-17-9-10-18-44(42)53-45(46)31-41)35-22-26-38(27-23-35)49-51-47(36-14-5-2-6-15-36)50-48(52-49)37-24-19-34(20-25-37)40-28-21-33-13-7-8-16-39(33)29-40/h1-31,47H,(H,50,51,52). The maximum atomic E-state index is 6.41. The number of hydrogen-bond acceptors (Lipinski definition) is 4. The molecule has 250 valence electrons. The minimum Gasteiger partial charge on any atom is -0.456 e. The van der Waals surface area contributed by atoms with Crippen LogP contribution < -0.4 is 5.32 Å². The zero-order chi connectivity index (χ0) is 35.1. The largest absolute Gasteiger partial charge is 0.456 e. The van der Waals surface area contributed by atoms with Gasteiger partial charge in [0.2, 0.25) is 0 Å². The number of benzene rings is 8. The molecule has 4 nitrogen and oxygen atoms in total. The van der Waals surface area contributed by atoms with Gasteiger partial charge in [0.25, 0.3) is 0 Å². The SMILES string of the molecule is c1ccc(-c2cc(-c3ccc(C4=NC(c5ccc(-c6ccc7ccccc7c6)cc5)=NC(c5ccccc5)N4)cc3)c3c(c2)oc2ccccc23)cc1. The molecule has 2 heterocycles. The molecule has 0 aliphatic carbocycles. The monoisotopic (exact) mass is 679 g/mol. The lowest BCUT2D eigenvalue weighted by molar-refractivity contribution is 0.669. The summed E-state index contributed by atoms with van der Waals surface area (Å²) in [5, 5.41) is 8.32. The van der Waals surface area contributed by atoms with Crippen molar-refractivity contribution in [2.75, 3.05) is 0 Å². The maximum absolute atomic E-state index is 6.41. The van der Waals surface area contributed by atoms with E-state index in [9.17, 15) is 0 Å². The maximum Gasteiger partial charge on any atom is 0.159 e. The first-order chi connectivity index (χ1) is 26.2. The van der Waals surface area contributed by atoms with Crippen LogP contribution in [0.3, 0.4) is 0 Å². The Bertz CT molecular complexity index is 2830. The number of aliphatic imine (C=N–C) groups is 2. The van der Waals surface area contributed by atoms with Crippen LogP contribution in [0.2, 0.25) is 0 Å². The second kappa shape index (κ2) is 12.9. The van der Waals surface area contributed by atoms with Crippen molar-refractivity contribution in [3.63, 3.8) is 0 Å². The van der Waals surface area contributed by atoms with Crippen LogP contribution >= 0.6 is 0 Å². The third kappa shape index (κ3) is 5.77. The van der Waals surface area contributed by atoms with Crippen molar-refractivity contribution in [1.82, 2.24) is 5.32 Å². The Kier molecular flexibility index (Phi) is 7.51. The number of rotatable bonds is 6. The Morgan fingerprint density at radius 2 is 1.06 bits per heavy atom. The van der Waals surface area contributed by atoms with E-state index in [0.717, 1.165) is 72.3 Å². The summed E-state index contributed by atoms with van der Waals surface area (Å²) in [4.78, 5) is 10.2. The Balaban J connectivity index is 1.03. The van der Waals surface area contributed by atoms with Crippen molar-refractivity contribution in [1.29, 1.82) is 0 Å². The van der Waals surface area contributed by atoms with E-state index in [-0.39, 0.29) is 6.17 Å². The van der Waals surface area contributed by atoms with Crippen molar-refractivity contribution in [2.45, 2.75) is 6.17 Å². The second-order valence-corrected chi connectivity index (χ2v) is 13.4. The predicted octanol–water partition coefficient (Wildman–Crippen LogP) is 12.2. The molecule has 53 heavy (non-hydrogen) atoms. The number of nitrogens with one attached hydrogen (secondary N) is 1. The van der Waals surface area contributed by atoms with Crippen LogP contribution in [0.1, 0.15) is 22.9 Å². The molecule has 0 saturated carbocycles. The lowest BCUT2D eigenvalue weighted by Gasteiger charge is -2.24. The average molecular weight is 680 g/mol. The predicted molar refractivity (Wildman–Crippen MR) is 219 cm³/mol. The van der Waals surface area contributed by atoms with Gasteiger partial charge in [-0.25, -0.2) is 9.98 Å². The highest BCUT2D eigenvalue weighted by molar-refractivity contribution is 6.15. The Hall–Kier alpha value is -7.04. The average Bonchev–Trinajstić information content (AvgIpc) is 3.62. The van der Waals surface area contributed by atoms with Gasteiger partial charge in [-0.2, -0.15) is 0 Å². The molecule has 8 aromatic carbocycles. The minimum atomic E-state index is -0.280. The Morgan fingerprint density at radius 1 is 0.434 bits per heavy atom. The minimum absolute atomic E-state index is 0.280. The molecule has 1 aliphatic rings. The summed E-state index contributed by atoms with van der Waals surface area (Å²) in [5.41, 5.74) is 11.6. The van der Waals surface area contributed by atoms with Crippen molar-refractivity contribution >= 4 is 44.4 Å². The number of hydrogen-bond donors (Lipinski definition) is 1. The van der Waals surface area contributed by atoms with Crippen molar-refractivity contribution in [3.05, 3.63) is 205 Å². The smallest absolute Gasteiger partial charge is 0.159 e. The fourth-order valence-corrected chi connectivity index (χ4v) is 7.40. The van der Waals surface area contributed by atoms with E-state index >= 15 is 0 Å². The van der Waals surface area contributed by atoms with Crippen molar-refractivity contribution in [3.8, 4) is 33.4 Å². The molecular weight excluding hydrogens is 647 g/mol. The van der Waals surface area contributed by atoms with E-state index in [1.807, 2.05) is 24.3 Å². The number of para-hydroxylation sites is 1. The van der Waals surface area contributed by atoms with Gasteiger partial charge in [0.15, 0.2) is 5.84 Å². The second-order valence-electron chi connectivity index (χ2n) is 13.4. The van der Waals surface area contributed by atoms with Gasteiger partial charge in [0.1, 0.15) is 23.2 Å². The van der Waals surface area contributed by atoms with Crippen LogP contribution in [0.4, 0.5) is 0 Å². The third-order valence-electron chi connectivity index (χ3n) is 10.1. The molecule has 0 fully saturated rings. The quantitative estimate of drug-likeness (QED) is 0.190. The van der Waals surface area contributed by atoms with E-state index in [1.54, 1.807) is 0 Å². The summed E-state index contributed by atoms with van der Waals surface area (Å²) in [7, 11) is 0. The van der Waals surface area contributed by atoms with Crippen molar-refractivity contribution in [2.24, 2.45) is 9.98 Å². The first-order valence-corrected chi connectivity index (χ1v) is 17.9. The fraction of sp³-hybridized carbons (Fsp3) is 0.0204. The molecule has 4 heteroatoms. The molecular formula is C49H33N3O. The van der Waals surface area contributed by atoms with E-state index in [4.69, 9.17) is 14.4 Å². The van der Waals surface area contributed by atoms with Gasteiger partial charge >= 0.3 is 0 Å². The summed E-state index contributed by atoms with van der Waals surface area (Å²) in [5.74, 6) is 1.48. The summed E-state index contributed by atoms with van der Waals surface area (Å²) < 4.78 is 6.41. The van der Waals surface area contributed by atoms with Gasteiger partial charge in [0.05, 0.1) is 0 Å². The normalized spacial score (nSPS) is 14.2. The van der Waals surface area contributed by atoms with Gasteiger partial charge in [-0.3, -0.25) is 0 Å². The van der Waals surface area contributed by atoms with Crippen LogP contribution in [0, 0.1) is 0 Å². The summed E-state index contributed by atoms with van der Waals surface area (Å²) >= 11 is 0. The van der Waals surface area contributed by atoms with Crippen molar-refractivity contribution < 1.29 is 4.42 Å². The molecule has 0 saturated heterocycles. The van der Waals surface area contributed by atoms with E-state index < -0.39 is 0 Å². The van der Waals surface area contributed by atoms with Crippen LogP contribution in [0.25, 0.3) is 66.1 Å². The van der Waals surface area contributed by atoms with Crippen LogP contribution in [-0.2, 0) is 0 Å².